The second-order valence-electron chi connectivity index (χ2n) is 6.98. The number of aliphatic hydroxyl groups is 4. The van der Waals surface area contributed by atoms with Crippen LogP contribution in [0.5, 0.6) is 11.5 Å². The highest BCUT2D eigenvalue weighted by Gasteiger charge is 2.44. The topological polar surface area (TPSA) is 186 Å². The molecular weight excluding hydrogens is 398 g/mol. The number of nitrogens with one attached hydrogen (secondary N) is 1. The molecule has 0 spiro atoms. The molecule has 30 heavy (non-hydrogen) atoms. The molecule has 2 aromatic heterocycles. The molecule has 1 aliphatic heterocycles. The molecule has 7 N–H and O–H groups in total. The van der Waals surface area contributed by atoms with E-state index in [4.69, 9.17) is 4.74 Å². The van der Waals surface area contributed by atoms with Crippen LogP contribution in [0.4, 0.5) is 5.82 Å². The molecule has 1 saturated heterocycles. The van der Waals surface area contributed by atoms with Crippen molar-refractivity contribution < 1.29 is 35.4 Å². The molecule has 3 aromatic rings. The number of nitrogens with zero attached hydrogens (tertiary/aromatic N) is 4. The Morgan fingerprint density at radius 2 is 1.70 bits per heavy atom. The number of hydrogen-bond donors (Lipinski definition) is 7. The maximum absolute atomic E-state index is 10.4. The van der Waals surface area contributed by atoms with Gasteiger partial charge in [-0.15, -0.1) is 0 Å². The van der Waals surface area contributed by atoms with Crippen LogP contribution in [-0.4, -0.2) is 81.2 Å². The van der Waals surface area contributed by atoms with Gasteiger partial charge in [-0.1, -0.05) is 0 Å². The first-order valence-corrected chi connectivity index (χ1v) is 9.13. The minimum atomic E-state index is -1.53. The van der Waals surface area contributed by atoms with Crippen LogP contribution in [0.2, 0.25) is 0 Å². The molecule has 1 fully saturated rings. The van der Waals surface area contributed by atoms with Crippen molar-refractivity contribution in [3.63, 3.8) is 0 Å². The van der Waals surface area contributed by atoms with Crippen molar-refractivity contribution in [2.75, 3.05) is 11.9 Å². The first-order chi connectivity index (χ1) is 14.4. The monoisotopic (exact) mass is 419 g/mol. The molecular formula is C18H21N5O7. The van der Waals surface area contributed by atoms with Crippen LogP contribution in [0.3, 0.4) is 0 Å². The standard InChI is InChI=1S/C18H21N5O7/c24-5-11-13(27)14(28)15(29)18(30-11)23-7-22-12-16(20-6-21-17(12)23)19-4-8-1-9(25)3-10(26)2-8/h1-3,6-7,11,13-15,18,24-29H,4-5H2,(H,19,20,21)/t11-,13-,14+,15-,18?/m1/s1. The Morgan fingerprint density at radius 3 is 2.40 bits per heavy atom. The van der Waals surface area contributed by atoms with E-state index in [1.54, 1.807) is 0 Å². The summed E-state index contributed by atoms with van der Waals surface area (Å²) in [5, 5.41) is 62.0. The van der Waals surface area contributed by atoms with Crippen LogP contribution in [0.25, 0.3) is 11.2 Å². The number of aromatic nitrogens is 4. The molecule has 0 aliphatic carbocycles. The summed E-state index contributed by atoms with van der Waals surface area (Å²) < 4.78 is 6.93. The molecule has 0 radical (unpaired) electrons. The van der Waals surface area contributed by atoms with Crippen molar-refractivity contribution >= 4 is 17.0 Å². The van der Waals surface area contributed by atoms with Crippen molar-refractivity contribution in [3.05, 3.63) is 36.4 Å². The Bertz CT molecular complexity index is 1020. The van der Waals surface area contributed by atoms with Gasteiger partial charge in [-0.2, -0.15) is 0 Å². The predicted octanol–water partition coefficient (Wildman–Crippen LogP) is -1.18. The lowest BCUT2D eigenvalue weighted by atomic mass is 9.98. The fourth-order valence-corrected chi connectivity index (χ4v) is 3.42. The number of aliphatic hydroxyl groups excluding tert-OH is 4. The summed E-state index contributed by atoms with van der Waals surface area (Å²) >= 11 is 0. The number of fused-ring (bicyclic) bond motifs is 1. The lowest BCUT2D eigenvalue weighted by Crippen LogP contribution is -2.56. The van der Waals surface area contributed by atoms with Crippen molar-refractivity contribution in [1.82, 2.24) is 19.5 Å². The number of phenolic OH excluding ortho intramolecular Hbond substituents is 2. The summed E-state index contributed by atoms with van der Waals surface area (Å²) in [5.74, 6) is 0.198. The van der Waals surface area contributed by atoms with Crippen LogP contribution in [0.15, 0.2) is 30.9 Å². The zero-order valence-electron chi connectivity index (χ0n) is 15.6. The zero-order valence-corrected chi connectivity index (χ0v) is 15.6. The van der Waals surface area contributed by atoms with E-state index >= 15 is 0 Å². The average molecular weight is 419 g/mol. The number of ether oxygens (including phenoxy) is 1. The molecule has 0 saturated carbocycles. The summed E-state index contributed by atoms with van der Waals surface area (Å²) in [6, 6.07) is 4.18. The Morgan fingerprint density at radius 1 is 0.967 bits per heavy atom. The van der Waals surface area contributed by atoms with Gasteiger partial charge >= 0.3 is 0 Å². The van der Waals surface area contributed by atoms with E-state index < -0.39 is 37.3 Å². The van der Waals surface area contributed by atoms with E-state index in [1.165, 1.54) is 35.4 Å². The van der Waals surface area contributed by atoms with Crippen molar-refractivity contribution in [1.29, 1.82) is 0 Å². The van der Waals surface area contributed by atoms with Gasteiger partial charge in [0.1, 0.15) is 42.2 Å². The van der Waals surface area contributed by atoms with Crippen molar-refractivity contribution in [2.45, 2.75) is 37.2 Å². The van der Waals surface area contributed by atoms with E-state index in [9.17, 15) is 30.6 Å². The smallest absolute Gasteiger partial charge is 0.167 e. The largest absolute Gasteiger partial charge is 0.508 e. The number of rotatable bonds is 5. The number of aromatic hydroxyl groups is 2. The summed E-state index contributed by atoms with van der Waals surface area (Å²) in [6.07, 6.45) is -4.08. The van der Waals surface area contributed by atoms with E-state index in [0.717, 1.165) is 0 Å². The predicted molar refractivity (Wildman–Crippen MR) is 101 cm³/mol. The number of benzene rings is 1. The molecule has 1 aliphatic rings. The van der Waals surface area contributed by atoms with Gasteiger partial charge in [-0.25, -0.2) is 15.0 Å². The molecule has 5 atom stereocenters. The molecule has 12 heteroatoms. The molecule has 0 amide bonds. The van der Waals surface area contributed by atoms with Gasteiger partial charge in [0.05, 0.1) is 12.9 Å². The van der Waals surface area contributed by atoms with E-state index in [0.29, 0.717) is 16.9 Å². The fourth-order valence-electron chi connectivity index (χ4n) is 3.42. The number of hydrogen-bond acceptors (Lipinski definition) is 11. The second-order valence-corrected chi connectivity index (χ2v) is 6.98. The van der Waals surface area contributed by atoms with Crippen LogP contribution < -0.4 is 5.32 Å². The Balaban J connectivity index is 1.61. The molecule has 1 unspecified atom stereocenters. The number of phenols is 2. The number of anilines is 1. The molecule has 160 valence electrons. The maximum Gasteiger partial charge on any atom is 0.167 e. The highest BCUT2D eigenvalue weighted by Crippen LogP contribution is 2.31. The molecule has 0 bridgehead atoms. The van der Waals surface area contributed by atoms with Crippen LogP contribution in [0, 0.1) is 0 Å². The van der Waals surface area contributed by atoms with Gasteiger partial charge in [0.15, 0.2) is 23.2 Å². The van der Waals surface area contributed by atoms with E-state index in [1.807, 2.05) is 0 Å². The highest BCUT2D eigenvalue weighted by molar-refractivity contribution is 5.82. The number of imidazole rings is 1. The van der Waals surface area contributed by atoms with Gasteiger partial charge in [0.2, 0.25) is 0 Å². The Labute approximate surface area is 169 Å². The normalized spacial score (nSPS) is 26.7. The van der Waals surface area contributed by atoms with Crippen LogP contribution in [0.1, 0.15) is 11.8 Å². The lowest BCUT2D eigenvalue weighted by Gasteiger charge is -2.40. The molecule has 12 nitrogen and oxygen atoms in total. The first kappa shape index (κ1) is 20.3. The summed E-state index contributed by atoms with van der Waals surface area (Å²) in [5.41, 5.74) is 1.24. The maximum atomic E-state index is 10.4. The van der Waals surface area contributed by atoms with Crippen molar-refractivity contribution in [2.24, 2.45) is 0 Å². The van der Waals surface area contributed by atoms with Crippen molar-refractivity contribution in [3.8, 4) is 11.5 Å². The lowest BCUT2D eigenvalue weighted by molar-refractivity contribution is -0.250. The third-order valence-electron chi connectivity index (χ3n) is 4.92. The summed E-state index contributed by atoms with van der Waals surface area (Å²) in [4.78, 5) is 12.6. The summed E-state index contributed by atoms with van der Waals surface area (Å²) in [7, 11) is 0. The minimum Gasteiger partial charge on any atom is -0.508 e. The highest BCUT2D eigenvalue weighted by atomic mass is 16.6. The quantitative estimate of drug-likeness (QED) is 0.264. The Hall–Kier alpha value is -3.03. The van der Waals surface area contributed by atoms with Gasteiger partial charge in [-0.05, 0) is 17.7 Å². The molecule has 3 heterocycles. The molecule has 4 rings (SSSR count). The third kappa shape index (κ3) is 3.62. The van der Waals surface area contributed by atoms with E-state index in [-0.39, 0.29) is 23.7 Å². The summed E-state index contributed by atoms with van der Waals surface area (Å²) in [6.45, 7) is -0.326. The third-order valence-corrected chi connectivity index (χ3v) is 4.92. The van der Waals surface area contributed by atoms with Gasteiger partial charge in [0, 0.05) is 12.6 Å². The van der Waals surface area contributed by atoms with Crippen LogP contribution >= 0.6 is 0 Å². The molecule has 1 aromatic carbocycles. The zero-order chi connectivity index (χ0) is 21.4. The SMILES string of the molecule is OC[C@H]1OC(n2cnc3c(NCc4cc(O)cc(O)c4)ncnc32)[C@H](O)[C@@H](O)[C@@H]1O. The van der Waals surface area contributed by atoms with E-state index in [2.05, 4.69) is 20.3 Å². The average Bonchev–Trinajstić information content (AvgIpc) is 3.15. The van der Waals surface area contributed by atoms with Crippen LogP contribution in [-0.2, 0) is 11.3 Å². The minimum absolute atomic E-state index is 0.0773. The fraction of sp³-hybridized carbons (Fsp3) is 0.389. The first-order valence-electron chi connectivity index (χ1n) is 9.13. The second kappa shape index (κ2) is 8.01. The van der Waals surface area contributed by atoms with Gasteiger partial charge in [0.25, 0.3) is 0 Å². The van der Waals surface area contributed by atoms with Gasteiger partial charge in [-0.3, -0.25) is 4.57 Å². The van der Waals surface area contributed by atoms with Gasteiger partial charge < -0.3 is 40.7 Å². The Kier molecular flexibility index (Phi) is 5.40.